The standard InChI is InChI=1S/C21H20BrN5O2S2/c1-4-14-16(12-6-8-13(22)9-7-12)17-19(30-14)23-10-27(20(17)29)11(3)18(28)24-21-26-25-15(5-2)31-21/h6-11H,4-5H2,1-3H3,(H,24,26,28). The fourth-order valence-electron chi connectivity index (χ4n) is 3.28. The number of thiophene rings is 1. The average molecular weight is 518 g/mol. The number of benzene rings is 1. The van der Waals surface area contributed by atoms with Crippen LogP contribution in [0.25, 0.3) is 21.3 Å². The number of carbonyl (C=O) groups is 1. The van der Waals surface area contributed by atoms with E-state index in [2.05, 4.69) is 43.4 Å². The van der Waals surface area contributed by atoms with E-state index in [-0.39, 0.29) is 11.5 Å². The van der Waals surface area contributed by atoms with E-state index >= 15 is 0 Å². The molecular formula is C21H20BrN5O2S2. The molecule has 1 atom stereocenters. The van der Waals surface area contributed by atoms with Crippen LogP contribution in [0.2, 0.25) is 0 Å². The number of carbonyl (C=O) groups excluding carboxylic acids is 1. The van der Waals surface area contributed by atoms with Crippen LogP contribution in [0.3, 0.4) is 0 Å². The summed E-state index contributed by atoms with van der Waals surface area (Å²) in [5.41, 5.74) is 1.63. The topological polar surface area (TPSA) is 89.8 Å². The van der Waals surface area contributed by atoms with Crippen LogP contribution in [0.15, 0.2) is 39.9 Å². The van der Waals surface area contributed by atoms with Crippen LogP contribution in [-0.4, -0.2) is 25.7 Å². The Morgan fingerprint density at radius 1 is 1.16 bits per heavy atom. The van der Waals surface area contributed by atoms with Crippen molar-refractivity contribution in [2.24, 2.45) is 0 Å². The van der Waals surface area contributed by atoms with Gasteiger partial charge in [-0.2, -0.15) is 0 Å². The van der Waals surface area contributed by atoms with E-state index in [0.29, 0.717) is 15.3 Å². The number of amides is 1. The zero-order valence-electron chi connectivity index (χ0n) is 17.2. The molecule has 0 saturated heterocycles. The molecule has 0 saturated carbocycles. The first-order chi connectivity index (χ1) is 14.9. The van der Waals surface area contributed by atoms with E-state index in [4.69, 9.17) is 0 Å². The maximum absolute atomic E-state index is 13.5. The molecule has 0 aliphatic heterocycles. The van der Waals surface area contributed by atoms with Gasteiger partial charge < -0.3 is 0 Å². The minimum Gasteiger partial charge on any atom is -0.299 e. The van der Waals surface area contributed by atoms with Crippen LogP contribution < -0.4 is 10.9 Å². The molecule has 10 heteroatoms. The van der Waals surface area contributed by atoms with Crippen molar-refractivity contribution in [3.8, 4) is 11.1 Å². The van der Waals surface area contributed by atoms with Gasteiger partial charge in [-0.1, -0.05) is 53.2 Å². The van der Waals surface area contributed by atoms with Gasteiger partial charge in [0, 0.05) is 14.9 Å². The Kier molecular flexibility index (Phi) is 6.31. The lowest BCUT2D eigenvalue weighted by Gasteiger charge is -2.14. The van der Waals surface area contributed by atoms with E-state index < -0.39 is 6.04 Å². The fourth-order valence-corrected chi connectivity index (χ4v) is 5.32. The Morgan fingerprint density at radius 2 is 1.90 bits per heavy atom. The molecule has 160 valence electrons. The highest BCUT2D eigenvalue weighted by molar-refractivity contribution is 9.10. The molecule has 7 nitrogen and oxygen atoms in total. The second-order valence-electron chi connectivity index (χ2n) is 6.92. The molecule has 3 heterocycles. The molecule has 1 N–H and O–H groups in total. The van der Waals surface area contributed by atoms with Crippen LogP contribution in [0.4, 0.5) is 5.13 Å². The van der Waals surface area contributed by atoms with Crippen LogP contribution in [-0.2, 0) is 17.6 Å². The van der Waals surface area contributed by atoms with Gasteiger partial charge >= 0.3 is 0 Å². The van der Waals surface area contributed by atoms with Crippen LogP contribution in [0.1, 0.15) is 36.7 Å². The number of aromatic nitrogens is 4. The number of nitrogens with one attached hydrogen (secondary N) is 1. The van der Waals surface area contributed by atoms with Crippen LogP contribution in [0.5, 0.6) is 0 Å². The van der Waals surface area contributed by atoms with E-state index in [0.717, 1.165) is 38.3 Å². The third-order valence-corrected chi connectivity index (χ3v) is 7.71. The van der Waals surface area contributed by atoms with Crippen molar-refractivity contribution in [2.75, 3.05) is 5.32 Å². The number of halogens is 1. The minimum atomic E-state index is -0.749. The summed E-state index contributed by atoms with van der Waals surface area (Å²) in [6.45, 7) is 5.72. The van der Waals surface area contributed by atoms with Crippen LogP contribution >= 0.6 is 38.6 Å². The van der Waals surface area contributed by atoms with Crippen molar-refractivity contribution in [2.45, 2.75) is 39.7 Å². The molecule has 0 bridgehead atoms. The van der Waals surface area contributed by atoms with Crippen molar-refractivity contribution >= 4 is 59.9 Å². The lowest BCUT2D eigenvalue weighted by atomic mass is 10.0. The third-order valence-electron chi connectivity index (χ3n) is 4.96. The smallest absolute Gasteiger partial charge is 0.263 e. The van der Waals surface area contributed by atoms with Gasteiger partial charge in [0.1, 0.15) is 15.9 Å². The second-order valence-corrected chi connectivity index (χ2v) is 9.98. The first-order valence-electron chi connectivity index (χ1n) is 9.84. The predicted octanol–water partition coefficient (Wildman–Crippen LogP) is 5.06. The van der Waals surface area contributed by atoms with Crippen molar-refractivity contribution in [1.29, 1.82) is 0 Å². The van der Waals surface area contributed by atoms with E-state index in [1.165, 1.54) is 33.6 Å². The lowest BCUT2D eigenvalue weighted by Crippen LogP contribution is -2.31. The molecule has 3 aromatic heterocycles. The zero-order chi connectivity index (χ0) is 22.1. The summed E-state index contributed by atoms with van der Waals surface area (Å²) < 4.78 is 2.35. The molecule has 0 radical (unpaired) electrons. The Labute approximate surface area is 195 Å². The summed E-state index contributed by atoms with van der Waals surface area (Å²) in [4.78, 5) is 32.6. The third kappa shape index (κ3) is 4.19. The largest absolute Gasteiger partial charge is 0.299 e. The number of aryl methyl sites for hydroxylation is 2. The molecule has 0 spiro atoms. The number of hydrogen-bond acceptors (Lipinski definition) is 7. The van der Waals surface area contributed by atoms with Gasteiger partial charge in [0.25, 0.3) is 5.56 Å². The van der Waals surface area contributed by atoms with Crippen molar-refractivity contribution in [1.82, 2.24) is 19.7 Å². The molecule has 4 aromatic rings. The molecule has 1 unspecified atom stereocenters. The molecule has 0 fully saturated rings. The summed E-state index contributed by atoms with van der Waals surface area (Å²) in [5.74, 6) is -0.335. The minimum absolute atomic E-state index is 0.229. The highest BCUT2D eigenvalue weighted by atomic mass is 79.9. The van der Waals surface area contributed by atoms with Gasteiger partial charge in [0.2, 0.25) is 11.0 Å². The van der Waals surface area contributed by atoms with Crippen LogP contribution in [0, 0.1) is 0 Å². The van der Waals surface area contributed by atoms with Crippen molar-refractivity contribution in [3.63, 3.8) is 0 Å². The highest BCUT2D eigenvalue weighted by Gasteiger charge is 2.23. The summed E-state index contributed by atoms with van der Waals surface area (Å²) in [5, 5.41) is 12.6. The van der Waals surface area contributed by atoms with Gasteiger partial charge in [0.05, 0.1) is 11.7 Å². The van der Waals surface area contributed by atoms with E-state index in [1.807, 2.05) is 31.2 Å². The Morgan fingerprint density at radius 3 is 2.55 bits per heavy atom. The average Bonchev–Trinajstić information content (AvgIpc) is 3.38. The SMILES string of the molecule is CCc1nnc(NC(=O)C(C)n2cnc3sc(CC)c(-c4ccc(Br)cc4)c3c2=O)s1. The normalized spacial score (nSPS) is 12.3. The monoisotopic (exact) mass is 517 g/mol. The van der Waals surface area contributed by atoms with Gasteiger partial charge in [-0.3, -0.25) is 19.5 Å². The highest BCUT2D eigenvalue weighted by Crippen LogP contribution is 2.37. The Balaban J connectivity index is 1.76. The van der Waals surface area contributed by atoms with Crippen molar-refractivity contribution < 1.29 is 4.79 Å². The summed E-state index contributed by atoms with van der Waals surface area (Å²) in [6, 6.07) is 7.13. The Bertz CT molecular complexity index is 1310. The van der Waals surface area contributed by atoms with Crippen molar-refractivity contribution in [3.05, 3.63) is 55.3 Å². The number of anilines is 1. The molecule has 4 rings (SSSR count). The van der Waals surface area contributed by atoms with Gasteiger partial charge in [-0.15, -0.1) is 21.5 Å². The fraction of sp³-hybridized carbons (Fsp3) is 0.286. The molecule has 0 aliphatic carbocycles. The second kappa shape index (κ2) is 8.97. The molecule has 0 aliphatic rings. The number of rotatable bonds is 6. The first kappa shape index (κ1) is 21.8. The maximum atomic E-state index is 13.5. The number of fused-ring (bicyclic) bond motifs is 1. The van der Waals surface area contributed by atoms with E-state index in [1.54, 1.807) is 6.92 Å². The molecule has 1 amide bonds. The van der Waals surface area contributed by atoms with Gasteiger partial charge in [-0.05, 0) is 37.5 Å². The molecule has 1 aromatic carbocycles. The molecular weight excluding hydrogens is 498 g/mol. The Hall–Kier alpha value is -2.43. The predicted molar refractivity (Wildman–Crippen MR) is 129 cm³/mol. The van der Waals surface area contributed by atoms with Gasteiger partial charge in [0.15, 0.2) is 0 Å². The zero-order valence-corrected chi connectivity index (χ0v) is 20.4. The first-order valence-corrected chi connectivity index (χ1v) is 12.3. The van der Waals surface area contributed by atoms with E-state index in [9.17, 15) is 9.59 Å². The summed E-state index contributed by atoms with van der Waals surface area (Å²) >= 11 is 6.31. The number of nitrogens with zero attached hydrogens (tertiary/aromatic N) is 4. The lowest BCUT2D eigenvalue weighted by molar-refractivity contribution is -0.118. The molecule has 31 heavy (non-hydrogen) atoms. The quantitative estimate of drug-likeness (QED) is 0.385. The summed E-state index contributed by atoms with van der Waals surface area (Å²) in [6.07, 6.45) is 2.99. The maximum Gasteiger partial charge on any atom is 0.263 e. The summed E-state index contributed by atoms with van der Waals surface area (Å²) in [7, 11) is 0. The van der Waals surface area contributed by atoms with Gasteiger partial charge in [-0.25, -0.2) is 4.98 Å². The number of hydrogen-bond donors (Lipinski definition) is 1.